The Kier molecular flexibility index (Phi) is 5.13. The van der Waals surface area contributed by atoms with E-state index in [1.165, 1.54) is 19.5 Å². The Bertz CT molecular complexity index is 719. The van der Waals surface area contributed by atoms with E-state index in [2.05, 4.69) is 25.3 Å². The molecule has 7 heteroatoms. The van der Waals surface area contributed by atoms with Crippen molar-refractivity contribution < 1.29 is 14.3 Å². The molecule has 1 amide bonds. The van der Waals surface area contributed by atoms with Crippen LogP contribution in [-0.4, -0.2) is 34.5 Å². The monoisotopic (exact) mass is 328 g/mol. The van der Waals surface area contributed by atoms with Crippen LogP contribution in [0, 0.1) is 0 Å². The maximum Gasteiger partial charge on any atom is 0.337 e. The van der Waals surface area contributed by atoms with Crippen LogP contribution in [0.2, 0.25) is 0 Å². The first kappa shape index (κ1) is 17.4. The Morgan fingerprint density at radius 2 is 1.71 bits per heavy atom. The van der Waals surface area contributed by atoms with E-state index in [4.69, 9.17) is 0 Å². The number of esters is 1. The molecule has 0 aliphatic rings. The first-order valence-corrected chi connectivity index (χ1v) is 7.38. The van der Waals surface area contributed by atoms with Crippen molar-refractivity contribution in [1.29, 1.82) is 0 Å². The summed E-state index contributed by atoms with van der Waals surface area (Å²) in [6.07, 6.45) is 2.92. The molecule has 126 valence electrons. The minimum atomic E-state index is -0.430. The van der Waals surface area contributed by atoms with Crippen molar-refractivity contribution in [3.05, 3.63) is 47.9 Å². The SMILES string of the molecule is COC(=O)c1ccc(NC(=O)c2cnc(NC(C)(C)C)cn2)cc1. The largest absolute Gasteiger partial charge is 0.465 e. The zero-order valence-electron chi connectivity index (χ0n) is 14.1. The summed E-state index contributed by atoms with van der Waals surface area (Å²) >= 11 is 0. The molecule has 0 bridgehead atoms. The Hall–Kier alpha value is -2.96. The summed E-state index contributed by atoms with van der Waals surface area (Å²) in [4.78, 5) is 31.8. The van der Waals surface area contributed by atoms with Gasteiger partial charge < -0.3 is 15.4 Å². The zero-order chi connectivity index (χ0) is 17.7. The molecule has 0 unspecified atom stereocenters. The van der Waals surface area contributed by atoms with Gasteiger partial charge >= 0.3 is 5.97 Å². The highest BCUT2D eigenvalue weighted by atomic mass is 16.5. The summed E-state index contributed by atoms with van der Waals surface area (Å²) in [6, 6.07) is 6.38. The second-order valence-corrected chi connectivity index (χ2v) is 6.18. The Labute approximate surface area is 140 Å². The van der Waals surface area contributed by atoms with E-state index in [0.29, 0.717) is 17.1 Å². The fraction of sp³-hybridized carbons (Fsp3) is 0.294. The van der Waals surface area contributed by atoms with Gasteiger partial charge in [0, 0.05) is 11.2 Å². The number of amides is 1. The van der Waals surface area contributed by atoms with Crippen LogP contribution in [0.1, 0.15) is 41.6 Å². The third-order valence-electron chi connectivity index (χ3n) is 2.95. The number of nitrogens with zero attached hydrogens (tertiary/aromatic N) is 2. The summed E-state index contributed by atoms with van der Waals surface area (Å²) < 4.78 is 4.62. The molecule has 0 spiro atoms. The molecule has 0 saturated carbocycles. The van der Waals surface area contributed by atoms with Crippen molar-refractivity contribution in [2.45, 2.75) is 26.3 Å². The zero-order valence-corrected chi connectivity index (χ0v) is 14.1. The summed E-state index contributed by atoms with van der Waals surface area (Å²) in [5.41, 5.74) is 1.02. The van der Waals surface area contributed by atoms with Crippen molar-refractivity contribution in [1.82, 2.24) is 9.97 Å². The van der Waals surface area contributed by atoms with Crippen LogP contribution >= 0.6 is 0 Å². The predicted octanol–water partition coefficient (Wildman–Crippen LogP) is 2.73. The summed E-state index contributed by atoms with van der Waals surface area (Å²) in [5.74, 6) is -0.210. The number of hydrogen-bond donors (Lipinski definition) is 2. The van der Waals surface area contributed by atoms with Crippen LogP contribution in [0.15, 0.2) is 36.7 Å². The Balaban J connectivity index is 2.03. The fourth-order valence-electron chi connectivity index (χ4n) is 1.90. The van der Waals surface area contributed by atoms with Crippen LogP contribution in [0.25, 0.3) is 0 Å². The van der Waals surface area contributed by atoms with E-state index in [-0.39, 0.29) is 17.1 Å². The first-order chi connectivity index (χ1) is 11.3. The molecule has 2 N–H and O–H groups in total. The number of methoxy groups -OCH3 is 1. The van der Waals surface area contributed by atoms with E-state index in [9.17, 15) is 9.59 Å². The molecular formula is C17H20N4O3. The van der Waals surface area contributed by atoms with Crippen LogP contribution < -0.4 is 10.6 Å². The standard InChI is InChI=1S/C17H20N4O3/c1-17(2,3)21-14-10-18-13(9-19-14)15(22)20-12-7-5-11(6-8-12)16(23)24-4/h5-10H,1-4H3,(H,19,21)(H,20,22). The lowest BCUT2D eigenvalue weighted by atomic mass is 10.1. The van der Waals surface area contributed by atoms with Gasteiger partial charge in [-0.25, -0.2) is 14.8 Å². The number of carbonyl (C=O) groups excluding carboxylic acids is 2. The smallest absolute Gasteiger partial charge is 0.337 e. The number of hydrogen-bond acceptors (Lipinski definition) is 6. The fourth-order valence-corrected chi connectivity index (χ4v) is 1.90. The number of nitrogens with one attached hydrogen (secondary N) is 2. The molecule has 0 radical (unpaired) electrons. The molecule has 7 nitrogen and oxygen atoms in total. The van der Waals surface area contributed by atoms with Crippen LogP contribution in [0.5, 0.6) is 0 Å². The molecule has 0 atom stereocenters. The third-order valence-corrected chi connectivity index (χ3v) is 2.95. The van der Waals surface area contributed by atoms with E-state index >= 15 is 0 Å². The molecule has 1 aromatic carbocycles. The second-order valence-electron chi connectivity index (χ2n) is 6.18. The number of carbonyl (C=O) groups is 2. The van der Waals surface area contributed by atoms with Crippen molar-refractivity contribution in [3.8, 4) is 0 Å². The van der Waals surface area contributed by atoms with Gasteiger partial charge in [-0.1, -0.05) is 0 Å². The second kappa shape index (κ2) is 7.08. The van der Waals surface area contributed by atoms with Gasteiger partial charge in [0.05, 0.1) is 25.1 Å². The highest BCUT2D eigenvalue weighted by molar-refractivity contribution is 6.03. The summed E-state index contributed by atoms with van der Waals surface area (Å²) in [7, 11) is 1.31. The minimum absolute atomic E-state index is 0.139. The molecule has 24 heavy (non-hydrogen) atoms. The minimum Gasteiger partial charge on any atom is -0.465 e. The van der Waals surface area contributed by atoms with Gasteiger partial charge in [0.25, 0.3) is 5.91 Å². The molecule has 1 aromatic heterocycles. The number of ether oxygens (including phenoxy) is 1. The predicted molar refractivity (Wildman–Crippen MR) is 91.1 cm³/mol. The van der Waals surface area contributed by atoms with Gasteiger partial charge in [-0.05, 0) is 45.0 Å². The normalized spacial score (nSPS) is 10.8. The molecule has 2 rings (SSSR count). The number of aromatic nitrogens is 2. The first-order valence-electron chi connectivity index (χ1n) is 7.38. The van der Waals surface area contributed by atoms with Gasteiger partial charge in [0.2, 0.25) is 0 Å². The number of benzene rings is 1. The molecule has 0 aliphatic carbocycles. The van der Waals surface area contributed by atoms with Crippen molar-refractivity contribution >= 4 is 23.4 Å². The maximum absolute atomic E-state index is 12.2. The van der Waals surface area contributed by atoms with Gasteiger partial charge in [0.1, 0.15) is 11.5 Å². The average Bonchev–Trinajstić information content (AvgIpc) is 2.54. The van der Waals surface area contributed by atoms with Crippen LogP contribution in [0.3, 0.4) is 0 Å². The van der Waals surface area contributed by atoms with E-state index in [1.54, 1.807) is 24.3 Å². The summed E-state index contributed by atoms with van der Waals surface area (Å²) in [6.45, 7) is 6.02. The average molecular weight is 328 g/mol. The topological polar surface area (TPSA) is 93.2 Å². The van der Waals surface area contributed by atoms with Crippen LogP contribution in [-0.2, 0) is 4.74 Å². The van der Waals surface area contributed by atoms with Crippen molar-refractivity contribution in [2.75, 3.05) is 17.7 Å². The van der Waals surface area contributed by atoms with E-state index in [1.807, 2.05) is 20.8 Å². The number of rotatable bonds is 4. The van der Waals surface area contributed by atoms with Gasteiger partial charge in [-0.3, -0.25) is 4.79 Å². The lowest BCUT2D eigenvalue weighted by Gasteiger charge is -2.20. The van der Waals surface area contributed by atoms with Crippen molar-refractivity contribution in [3.63, 3.8) is 0 Å². The highest BCUT2D eigenvalue weighted by Gasteiger charge is 2.13. The van der Waals surface area contributed by atoms with Gasteiger partial charge in [-0.2, -0.15) is 0 Å². The quantitative estimate of drug-likeness (QED) is 0.838. The number of anilines is 2. The lowest BCUT2D eigenvalue weighted by Crippen LogP contribution is -2.27. The molecule has 0 saturated heterocycles. The van der Waals surface area contributed by atoms with E-state index in [0.717, 1.165) is 0 Å². The highest BCUT2D eigenvalue weighted by Crippen LogP contribution is 2.13. The molecule has 1 heterocycles. The van der Waals surface area contributed by atoms with Crippen molar-refractivity contribution in [2.24, 2.45) is 0 Å². The Morgan fingerprint density at radius 3 is 2.21 bits per heavy atom. The Morgan fingerprint density at radius 1 is 1.04 bits per heavy atom. The lowest BCUT2D eigenvalue weighted by molar-refractivity contribution is 0.0600. The third kappa shape index (κ3) is 4.77. The molecular weight excluding hydrogens is 308 g/mol. The van der Waals surface area contributed by atoms with Gasteiger partial charge in [0.15, 0.2) is 0 Å². The van der Waals surface area contributed by atoms with Gasteiger partial charge in [-0.15, -0.1) is 0 Å². The molecule has 0 aliphatic heterocycles. The summed E-state index contributed by atoms with van der Waals surface area (Å²) in [5, 5.41) is 5.87. The molecule has 0 fully saturated rings. The van der Waals surface area contributed by atoms with Crippen LogP contribution in [0.4, 0.5) is 11.5 Å². The molecule has 2 aromatic rings. The maximum atomic E-state index is 12.2. The van der Waals surface area contributed by atoms with E-state index < -0.39 is 5.97 Å².